The molecule has 0 radical (unpaired) electrons. The van der Waals surface area contributed by atoms with Crippen molar-refractivity contribution in [3.63, 3.8) is 0 Å². The van der Waals surface area contributed by atoms with Gasteiger partial charge in [0.25, 0.3) is 5.91 Å². The van der Waals surface area contributed by atoms with Crippen LogP contribution in [-0.2, 0) is 11.2 Å². The molecule has 1 aliphatic carbocycles. The Bertz CT molecular complexity index is 1300. The van der Waals surface area contributed by atoms with Crippen molar-refractivity contribution in [1.29, 1.82) is 0 Å². The molecule has 3 heterocycles. The number of aryl methyl sites for hydroxylation is 1. The highest BCUT2D eigenvalue weighted by Crippen LogP contribution is 2.40. The summed E-state index contributed by atoms with van der Waals surface area (Å²) < 4.78 is 24.8. The number of carbonyl (C=O) groups is 2. The van der Waals surface area contributed by atoms with E-state index in [0.29, 0.717) is 54.1 Å². The fourth-order valence-corrected chi connectivity index (χ4v) is 5.86. The number of ether oxygens (including phenoxy) is 2. The molecular weight excluding hydrogens is 471 g/mol. The van der Waals surface area contributed by atoms with Crippen molar-refractivity contribution in [2.45, 2.75) is 18.8 Å². The SMILES string of the molecule is O=C(Nc1nc2c(s1)CC[C@@H]2C(=O)N1CCN(c2ccccc2F)CC1)c1ccc2c(c1)OCO2. The smallest absolute Gasteiger partial charge is 0.257 e. The molecule has 3 aromatic rings. The Morgan fingerprint density at radius 2 is 1.86 bits per heavy atom. The highest BCUT2D eigenvalue weighted by molar-refractivity contribution is 7.16. The molecule has 1 N–H and O–H groups in total. The van der Waals surface area contributed by atoms with Gasteiger partial charge >= 0.3 is 0 Å². The summed E-state index contributed by atoms with van der Waals surface area (Å²) in [5.74, 6) is 0.368. The zero-order chi connectivity index (χ0) is 23.9. The molecule has 0 spiro atoms. The van der Waals surface area contributed by atoms with Gasteiger partial charge in [-0.05, 0) is 43.2 Å². The minimum absolute atomic E-state index is 0.0517. The molecule has 180 valence electrons. The number of anilines is 2. The van der Waals surface area contributed by atoms with Crippen LogP contribution in [0.5, 0.6) is 11.5 Å². The van der Waals surface area contributed by atoms with Crippen LogP contribution in [0.15, 0.2) is 42.5 Å². The number of piperazine rings is 1. The first kappa shape index (κ1) is 21.8. The van der Waals surface area contributed by atoms with Crippen molar-refractivity contribution in [1.82, 2.24) is 9.88 Å². The van der Waals surface area contributed by atoms with E-state index in [1.807, 2.05) is 15.9 Å². The molecule has 8 nitrogen and oxygen atoms in total. The van der Waals surface area contributed by atoms with Gasteiger partial charge in [0.2, 0.25) is 12.7 Å². The summed E-state index contributed by atoms with van der Waals surface area (Å²) in [6.07, 6.45) is 1.48. The summed E-state index contributed by atoms with van der Waals surface area (Å²) in [6, 6.07) is 11.8. The molecule has 2 aromatic carbocycles. The van der Waals surface area contributed by atoms with Gasteiger partial charge in [0.15, 0.2) is 16.6 Å². The number of aromatic nitrogens is 1. The zero-order valence-electron chi connectivity index (χ0n) is 18.8. The molecule has 6 rings (SSSR count). The number of halogens is 1. The Labute approximate surface area is 205 Å². The lowest BCUT2D eigenvalue weighted by atomic mass is 10.1. The molecule has 0 bridgehead atoms. The number of para-hydroxylation sites is 1. The number of nitrogens with zero attached hydrogens (tertiary/aromatic N) is 3. The monoisotopic (exact) mass is 494 g/mol. The molecule has 0 unspecified atom stereocenters. The lowest BCUT2D eigenvalue weighted by Gasteiger charge is -2.37. The highest BCUT2D eigenvalue weighted by Gasteiger charge is 2.36. The number of benzene rings is 2. The van der Waals surface area contributed by atoms with E-state index in [9.17, 15) is 14.0 Å². The van der Waals surface area contributed by atoms with Gasteiger partial charge in [-0.25, -0.2) is 9.37 Å². The molecule has 35 heavy (non-hydrogen) atoms. The summed E-state index contributed by atoms with van der Waals surface area (Å²) in [6.45, 7) is 2.39. The van der Waals surface area contributed by atoms with Crippen molar-refractivity contribution in [2.24, 2.45) is 0 Å². The fraction of sp³-hybridized carbons (Fsp3) is 0.320. The Hall–Kier alpha value is -3.66. The molecule has 1 fully saturated rings. The van der Waals surface area contributed by atoms with Gasteiger partial charge in [-0.2, -0.15) is 0 Å². The average Bonchev–Trinajstić information content (AvgIpc) is 3.59. The Kier molecular flexibility index (Phi) is 5.52. The van der Waals surface area contributed by atoms with E-state index in [4.69, 9.17) is 9.47 Å². The highest BCUT2D eigenvalue weighted by atomic mass is 32.1. The van der Waals surface area contributed by atoms with E-state index in [1.165, 1.54) is 17.4 Å². The average molecular weight is 495 g/mol. The van der Waals surface area contributed by atoms with Gasteiger partial charge < -0.3 is 19.3 Å². The van der Waals surface area contributed by atoms with Crippen LogP contribution < -0.4 is 19.7 Å². The number of hydrogen-bond donors (Lipinski definition) is 1. The van der Waals surface area contributed by atoms with Crippen LogP contribution in [0.2, 0.25) is 0 Å². The quantitative estimate of drug-likeness (QED) is 0.596. The van der Waals surface area contributed by atoms with Gasteiger partial charge in [0.05, 0.1) is 17.3 Å². The summed E-state index contributed by atoms with van der Waals surface area (Å²) >= 11 is 1.42. The Morgan fingerprint density at radius 1 is 1.06 bits per heavy atom. The first-order valence-electron chi connectivity index (χ1n) is 11.6. The first-order chi connectivity index (χ1) is 17.1. The molecule has 1 aromatic heterocycles. The largest absolute Gasteiger partial charge is 0.454 e. The molecule has 1 atom stereocenters. The van der Waals surface area contributed by atoms with Crippen molar-refractivity contribution in [3.8, 4) is 11.5 Å². The maximum atomic E-state index is 14.1. The maximum Gasteiger partial charge on any atom is 0.257 e. The van der Waals surface area contributed by atoms with Gasteiger partial charge in [-0.15, -0.1) is 11.3 Å². The third kappa shape index (κ3) is 4.07. The van der Waals surface area contributed by atoms with Crippen LogP contribution in [0.1, 0.15) is 33.3 Å². The summed E-state index contributed by atoms with van der Waals surface area (Å²) in [5.41, 5.74) is 1.78. The Morgan fingerprint density at radius 3 is 2.69 bits per heavy atom. The maximum absolute atomic E-state index is 14.1. The zero-order valence-corrected chi connectivity index (χ0v) is 19.6. The van der Waals surface area contributed by atoms with E-state index in [1.54, 1.807) is 30.3 Å². The van der Waals surface area contributed by atoms with Gasteiger partial charge in [0.1, 0.15) is 5.82 Å². The molecule has 10 heteroatoms. The number of hydrogen-bond acceptors (Lipinski definition) is 7. The third-order valence-electron chi connectivity index (χ3n) is 6.66. The van der Waals surface area contributed by atoms with Gasteiger partial charge in [-0.1, -0.05) is 12.1 Å². The van der Waals surface area contributed by atoms with Crippen molar-refractivity contribution < 1.29 is 23.5 Å². The van der Waals surface area contributed by atoms with Crippen LogP contribution in [0, 0.1) is 5.82 Å². The molecular formula is C25H23FN4O4S. The normalized spacial score (nSPS) is 18.5. The van der Waals surface area contributed by atoms with Crippen LogP contribution in [0.3, 0.4) is 0 Å². The molecule has 2 aliphatic heterocycles. The van der Waals surface area contributed by atoms with E-state index < -0.39 is 0 Å². The second-order valence-electron chi connectivity index (χ2n) is 8.70. The predicted octanol–water partition coefficient (Wildman–Crippen LogP) is 3.64. The number of fused-ring (bicyclic) bond motifs is 2. The number of carbonyl (C=O) groups excluding carboxylic acids is 2. The van der Waals surface area contributed by atoms with Crippen LogP contribution in [-0.4, -0.2) is 54.7 Å². The number of rotatable bonds is 4. The van der Waals surface area contributed by atoms with Crippen LogP contribution in [0.4, 0.5) is 15.2 Å². The predicted molar refractivity (Wildman–Crippen MR) is 129 cm³/mol. The minimum Gasteiger partial charge on any atom is -0.454 e. The topological polar surface area (TPSA) is 84.0 Å². The van der Waals surface area contributed by atoms with Crippen LogP contribution >= 0.6 is 11.3 Å². The molecule has 3 aliphatic rings. The summed E-state index contributed by atoms with van der Waals surface area (Å²) in [7, 11) is 0. The van der Waals surface area contributed by atoms with Gasteiger partial charge in [0, 0.05) is 36.6 Å². The first-order valence-corrected chi connectivity index (χ1v) is 12.4. The van der Waals surface area contributed by atoms with E-state index in [2.05, 4.69) is 10.3 Å². The fourth-order valence-electron chi connectivity index (χ4n) is 4.82. The lowest BCUT2D eigenvalue weighted by Crippen LogP contribution is -2.50. The third-order valence-corrected chi connectivity index (χ3v) is 7.70. The van der Waals surface area contributed by atoms with Crippen molar-refractivity contribution in [3.05, 3.63) is 64.4 Å². The van der Waals surface area contributed by atoms with Crippen LogP contribution in [0.25, 0.3) is 0 Å². The van der Waals surface area contributed by atoms with Gasteiger partial charge in [-0.3, -0.25) is 14.9 Å². The molecule has 1 saturated heterocycles. The number of thiazole rings is 1. The van der Waals surface area contributed by atoms with Crippen molar-refractivity contribution >= 4 is 34.0 Å². The second kappa shape index (κ2) is 8.84. The van der Waals surface area contributed by atoms with E-state index >= 15 is 0 Å². The van der Waals surface area contributed by atoms with Crippen molar-refractivity contribution in [2.75, 3.05) is 43.2 Å². The standard InChI is InChI=1S/C25H23FN4O4S/c26-17-3-1-2-4-18(17)29-9-11-30(12-10-29)24(32)16-6-8-21-22(16)27-25(35-21)28-23(31)15-5-7-19-20(13-15)34-14-33-19/h1-5,7,13,16H,6,8-12,14H2,(H,27,28,31)/t16-/m0/s1. The summed E-state index contributed by atoms with van der Waals surface area (Å²) in [5, 5.41) is 3.34. The lowest BCUT2D eigenvalue weighted by molar-refractivity contribution is -0.133. The van der Waals surface area contributed by atoms with E-state index in [0.717, 1.165) is 23.4 Å². The summed E-state index contributed by atoms with van der Waals surface area (Å²) in [4.78, 5) is 35.5. The number of amides is 2. The molecule has 0 saturated carbocycles. The van der Waals surface area contributed by atoms with E-state index in [-0.39, 0.29) is 30.3 Å². The minimum atomic E-state index is -0.308. The molecule has 2 amide bonds. The number of nitrogens with one attached hydrogen (secondary N) is 1. The Balaban J connectivity index is 1.10. The second-order valence-corrected chi connectivity index (χ2v) is 9.79.